The van der Waals surface area contributed by atoms with Crippen LogP contribution in [-0.2, 0) is 0 Å². The van der Waals surface area contributed by atoms with Crippen LogP contribution in [0.25, 0.3) is 71.6 Å². The lowest BCUT2D eigenvalue weighted by Crippen LogP contribution is -2.09. The molecule has 0 N–H and O–H groups in total. The Labute approximate surface area is 315 Å². The topological polar surface area (TPSA) is 8.17 Å². The molecule has 2 heteroatoms. The first-order valence-electron chi connectivity index (χ1n) is 18.5. The third kappa shape index (κ3) is 5.71. The second-order valence-electron chi connectivity index (χ2n) is 13.8. The van der Waals surface area contributed by atoms with Crippen molar-refractivity contribution in [2.45, 2.75) is 0 Å². The van der Waals surface area contributed by atoms with E-state index in [-0.39, 0.29) is 0 Å². The molecule has 10 rings (SSSR count). The van der Waals surface area contributed by atoms with E-state index in [2.05, 4.69) is 228 Å². The molecule has 10 aromatic rings. The summed E-state index contributed by atoms with van der Waals surface area (Å²) in [4.78, 5) is 2.35. The van der Waals surface area contributed by atoms with Gasteiger partial charge in [-0.05, 0) is 105 Å². The van der Waals surface area contributed by atoms with Gasteiger partial charge < -0.3 is 9.47 Å². The SMILES string of the molecule is c1ccc(-c2ccc(N(c3ccc(-c4ccc(-c5ccc6c7ccccc7n(-c7ccccc7)c6c5)cc4)cc3)c3ccc4ccccc4c3)cc2)cc1. The van der Waals surface area contributed by atoms with Crippen LogP contribution in [0.15, 0.2) is 218 Å². The number of hydrogen-bond acceptors (Lipinski definition) is 1. The molecule has 0 bridgehead atoms. The van der Waals surface area contributed by atoms with E-state index in [1.807, 2.05) is 0 Å². The number of para-hydroxylation sites is 2. The summed E-state index contributed by atoms with van der Waals surface area (Å²) < 4.78 is 2.38. The lowest BCUT2D eigenvalue weighted by atomic mass is 9.99. The average Bonchev–Trinajstić information content (AvgIpc) is 3.59. The summed E-state index contributed by atoms with van der Waals surface area (Å²) in [7, 11) is 0. The molecule has 0 amide bonds. The smallest absolute Gasteiger partial charge is 0.0547 e. The quantitative estimate of drug-likeness (QED) is 0.162. The number of fused-ring (bicyclic) bond motifs is 4. The van der Waals surface area contributed by atoms with Gasteiger partial charge >= 0.3 is 0 Å². The molecule has 1 aromatic heterocycles. The van der Waals surface area contributed by atoms with E-state index in [1.54, 1.807) is 0 Å². The maximum Gasteiger partial charge on any atom is 0.0547 e. The van der Waals surface area contributed by atoms with E-state index >= 15 is 0 Å². The molecule has 254 valence electrons. The van der Waals surface area contributed by atoms with Crippen LogP contribution in [-0.4, -0.2) is 4.57 Å². The van der Waals surface area contributed by atoms with E-state index in [0.29, 0.717) is 0 Å². The Hall–Kier alpha value is -7.16. The number of benzene rings is 9. The van der Waals surface area contributed by atoms with Crippen LogP contribution >= 0.6 is 0 Å². The van der Waals surface area contributed by atoms with Crippen LogP contribution in [0.3, 0.4) is 0 Å². The molecule has 2 nitrogen and oxygen atoms in total. The average molecular weight is 689 g/mol. The molecule has 0 radical (unpaired) electrons. The summed E-state index contributed by atoms with van der Waals surface area (Å²) in [5, 5.41) is 4.99. The fourth-order valence-corrected chi connectivity index (χ4v) is 7.86. The Kier molecular flexibility index (Phi) is 7.85. The second kappa shape index (κ2) is 13.4. The molecule has 0 aliphatic heterocycles. The predicted molar refractivity (Wildman–Crippen MR) is 229 cm³/mol. The number of hydrogen-bond donors (Lipinski definition) is 0. The lowest BCUT2D eigenvalue weighted by molar-refractivity contribution is 1.18. The van der Waals surface area contributed by atoms with E-state index < -0.39 is 0 Å². The molecular weight excluding hydrogens is 653 g/mol. The molecule has 0 fully saturated rings. The van der Waals surface area contributed by atoms with Gasteiger partial charge in [0.2, 0.25) is 0 Å². The Morgan fingerprint density at radius 3 is 1.41 bits per heavy atom. The number of rotatable bonds is 7. The number of nitrogens with zero attached hydrogens (tertiary/aromatic N) is 2. The van der Waals surface area contributed by atoms with Crippen LogP contribution in [0.1, 0.15) is 0 Å². The summed E-state index contributed by atoms with van der Waals surface area (Å²) in [5.41, 5.74) is 14.1. The monoisotopic (exact) mass is 688 g/mol. The molecule has 9 aromatic carbocycles. The minimum absolute atomic E-state index is 1.11. The van der Waals surface area contributed by atoms with E-state index in [9.17, 15) is 0 Å². The van der Waals surface area contributed by atoms with Gasteiger partial charge in [-0.2, -0.15) is 0 Å². The first kappa shape index (κ1) is 31.6. The Bertz CT molecular complexity index is 2890. The Morgan fingerprint density at radius 2 is 0.741 bits per heavy atom. The molecule has 0 atom stereocenters. The minimum Gasteiger partial charge on any atom is -0.310 e. The second-order valence-corrected chi connectivity index (χ2v) is 13.8. The summed E-state index contributed by atoms with van der Waals surface area (Å²) >= 11 is 0. The largest absolute Gasteiger partial charge is 0.310 e. The fourth-order valence-electron chi connectivity index (χ4n) is 7.86. The Balaban J connectivity index is 0.981. The molecule has 1 heterocycles. The van der Waals surface area contributed by atoms with E-state index in [1.165, 1.54) is 71.6 Å². The van der Waals surface area contributed by atoms with Gasteiger partial charge in [0.25, 0.3) is 0 Å². The molecule has 0 aliphatic rings. The van der Waals surface area contributed by atoms with Gasteiger partial charge in [-0.15, -0.1) is 0 Å². The third-order valence-electron chi connectivity index (χ3n) is 10.6. The van der Waals surface area contributed by atoms with Gasteiger partial charge in [-0.1, -0.05) is 158 Å². The first-order valence-corrected chi connectivity index (χ1v) is 18.5. The highest BCUT2D eigenvalue weighted by atomic mass is 15.1. The highest BCUT2D eigenvalue weighted by Crippen LogP contribution is 2.39. The summed E-state index contributed by atoms with van der Waals surface area (Å²) in [5.74, 6) is 0. The maximum absolute atomic E-state index is 2.38. The van der Waals surface area contributed by atoms with Crippen molar-refractivity contribution in [3.8, 4) is 39.1 Å². The zero-order chi connectivity index (χ0) is 35.8. The van der Waals surface area contributed by atoms with Crippen molar-refractivity contribution < 1.29 is 0 Å². The molecule has 0 saturated carbocycles. The van der Waals surface area contributed by atoms with Gasteiger partial charge in [0.1, 0.15) is 0 Å². The first-order chi connectivity index (χ1) is 26.8. The van der Waals surface area contributed by atoms with Crippen LogP contribution in [0, 0.1) is 0 Å². The van der Waals surface area contributed by atoms with Crippen molar-refractivity contribution in [2.24, 2.45) is 0 Å². The highest BCUT2D eigenvalue weighted by molar-refractivity contribution is 6.10. The number of anilines is 3. The van der Waals surface area contributed by atoms with Gasteiger partial charge in [-0.3, -0.25) is 0 Å². The van der Waals surface area contributed by atoms with Gasteiger partial charge in [-0.25, -0.2) is 0 Å². The predicted octanol–water partition coefficient (Wildman–Crippen LogP) is 14.4. The standard InChI is InChI=1S/C52H36N2/c1-3-11-37(12-4-1)40-23-29-46(30-24-40)53(48-33-27-38-13-7-8-14-43(38)35-48)47-31-25-41(26-32-47)39-19-21-42(22-20-39)44-28-34-50-49-17-9-10-18-51(49)54(52(50)36-44)45-15-5-2-6-16-45/h1-36H. The molecule has 0 spiro atoms. The maximum atomic E-state index is 2.38. The van der Waals surface area contributed by atoms with Crippen LogP contribution in [0.2, 0.25) is 0 Å². The summed E-state index contributed by atoms with van der Waals surface area (Å²) in [6.45, 7) is 0. The summed E-state index contributed by atoms with van der Waals surface area (Å²) in [6.07, 6.45) is 0. The number of aromatic nitrogens is 1. The van der Waals surface area contributed by atoms with Gasteiger partial charge in [0.15, 0.2) is 0 Å². The zero-order valence-electron chi connectivity index (χ0n) is 29.7. The van der Waals surface area contributed by atoms with Crippen molar-refractivity contribution in [1.29, 1.82) is 0 Å². The van der Waals surface area contributed by atoms with Crippen molar-refractivity contribution in [1.82, 2.24) is 4.57 Å². The van der Waals surface area contributed by atoms with Crippen molar-refractivity contribution in [3.05, 3.63) is 218 Å². The van der Waals surface area contributed by atoms with E-state index in [0.717, 1.165) is 17.1 Å². The molecule has 0 aliphatic carbocycles. The minimum atomic E-state index is 1.11. The summed E-state index contributed by atoms with van der Waals surface area (Å²) in [6, 6.07) is 78.8. The third-order valence-corrected chi connectivity index (χ3v) is 10.6. The van der Waals surface area contributed by atoms with Crippen LogP contribution in [0.4, 0.5) is 17.1 Å². The van der Waals surface area contributed by atoms with Crippen molar-refractivity contribution in [2.75, 3.05) is 4.90 Å². The molecular formula is C52H36N2. The molecule has 0 unspecified atom stereocenters. The van der Waals surface area contributed by atoms with Crippen LogP contribution < -0.4 is 4.90 Å². The normalized spacial score (nSPS) is 11.3. The molecule has 54 heavy (non-hydrogen) atoms. The zero-order valence-corrected chi connectivity index (χ0v) is 29.7. The lowest BCUT2D eigenvalue weighted by Gasteiger charge is -2.26. The molecule has 0 saturated heterocycles. The Morgan fingerprint density at radius 1 is 0.278 bits per heavy atom. The van der Waals surface area contributed by atoms with Gasteiger partial charge in [0, 0.05) is 33.5 Å². The fraction of sp³-hybridized carbons (Fsp3) is 0. The van der Waals surface area contributed by atoms with Crippen LogP contribution in [0.5, 0.6) is 0 Å². The van der Waals surface area contributed by atoms with Crippen molar-refractivity contribution in [3.63, 3.8) is 0 Å². The van der Waals surface area contributed by atoms with Crippen molar-refractivity contribution >= 4 is 49.6 Å². The van der Waals surface area contributed by atoms with E-state index in [4.69, 9.17) is 0 Å². The highest BCUT2D eigenvalue weighted by Gasteiger charge is 2.15. The van der Waals surface area contributed by atoms with Gasteiger partial charge in [0.05, 0.1) is 11.0 Å².